The third-order valence-corrected chi connectivity index (χ3v) is 5.25. The molecule has 4 aromatic rings. The lowest BCUT2D eigenvalue weighted by atomic mass is 10.2. The van der Waals surface area contributed by atoms with E-state index in [1.165, 1.54) is 4.70 Å². The first-order chi connectivity index (χ1) is 11.3. The summed E-state index contributed by atoms with van der Waals surface area (Å²) in [5, 5.41) is 4.15. The Kier molecular flexibility index (Phi) is 3.81. The molecule has 0 radical (unpaired) electrons. The van der Waals surface area contributed by atoms with Gasteiger partial charge in [0.15, 0.2) is 0 Å². The molecule has 5 heteroatoms. The number of hydrogen-bond donors (Lipinski definition) is 0. The maximum Gasteiger partial charge on any atom is 0.140 e. The summed E-state index contributed by atoms with van der Waals surface area (Å²) in [5.41, 5.74) is 3.16. The number of nitrogens with zero attached hydrogens (tertiary/aromatic N) is 2. The van der Waals surface area contributed by atoms with Gasteiger partial charge in [0.2, 0.25) is 0 Å². The van der Waals surface area contributed by atoms with Crippen molar-refractivity contribution in [2.45, 2.75) is 13.5 Å². The van der Waals surface area contributed by atoms with Gasteiger partial charge in [-0.2, -0.15) is 0 Å². The summed E-state index contributed by atoms with van der Waals surface area (Å²) in [4.78, 5) is 9.08. The summed E-state index contributed by atoms with van der Waals surface area (Å²) in [6.45, 7) is 2.51. The number of aryl methyl sites for hydroxylation is 1. The van der Waals surface area contributed by atoms with Gasteiger partial charge in [-0.3, -0.25) is 0 Å². The van der Waals surface area contributed by atoms with E-state index in [1.54, 1.807) is 22.7 Å². The Morgan fingerprint density at radius 1 is 1.00 bits per heavy atom. The monoisotopic (exact) mass is 338 g/mol. The van der Waals surface area contributed by atoms with Crippen molar-refractivity contribution in [1.82, 2.24) is 9.97 Å². The number of thiazole rings is 2. The fourth-order valence-corrected chi connectivity index (χ4v) is 3.85. The Labute approximate surface area is 142 Å². The van der Waals surface area contributed by atoms with Crippen LogP contribution in [0.15, 0.2) is 53.9 Å². The van der Waals surface area contributed by atoms with E-state index in [9.17, 15) is 0 Å². The van der Waals surface area contributed by atoms with Gasteiger partial charge in [0.05, 0.1) is 20.9 Å². The van der Waals surface area contributed by atoms with Crippen LogP contribution in [0.25, 0.3) is 21.5 Å². The first-order valence-electron chi connectivity index (χ1n) is 7.28. The fraction of sp³-hybridized carbons (Fsp3) is 0.111. The zero-order valence-corrected chi connectivity index (χ0v) is 14.2. The van der Waals surface area contributed by atoms with Crippen LogP contribution >= 0.6 is 22.7 Å². The van der Waals surface area contributed by atoms with Crippen molar-refractivity contribution in [1.29, 1.82) is 0 Å². The van der Waals surface area contributed by atoms with Gasteiger partial charge in [0.25, 0.3) is 0 Å². The SMILES string of the molecule is Cc1nc(-c2ccc(OCc3nc4ccccc4s3)cc2)cs1. The van der Waals surface area contributed by atoms with E-state index in [1.807, 2.05) is 49.4 Å². The third kappa shape index (κ3) is 3.11. The van der Waals surface area contributed by atoms with E-state index >= 15 is 0 Å². The number of hydrogen-bond acceptors (Lipinski definition) is 5. The summed E-state index contributed by atoms with van der Waals surface area (Å²) in [6.07, 6.45) is 0. The van der Waals surface area contributed by atoms with Crippen LogP contribution in [0.5, 0.6) is 5.75 Å². The van der Waals surface area contributed by atoms with Crippen LogP contribution in [0.4, 0.5) is 0 Å². The molecule has 0 unspecified atom stereocenters. The molecule has 4 rings (SSSR count). The summed E-state index contributed by atoms with van der Waals surface area (Å²) in [7, 11) is 0. The molecule has 114 valence electrons. The molecule has 3 nitrogen and oxygen atoms in total. The average molecular weight is 338 g/mol. The van der Waals surface area contributed by atoms with E-state index < -0.39 is 0 Å². The zero-order chi connectivity index (χ0) is 15.6. The van der Waals surface area contributed by atoms with E-state index in [0.29, 0.717) is 6.61 Å². The summed E-state index contributed by atoms with van der Waals surface area (Å²) < 4.78 is 7.04. The Balaban J connectivity index is 1.46. The Morgan fingerprint density at radius 2 is 1.83 bits per heavy atom. The minimum absolute atomic E-state index is 0.495. The van der Waals surface area contributed by atoms with E-state index in [0.717, 1.165) is 32.5 Å². The van der Waals surface area contributed by atoms with Crippen LogP contribution in [0, 0.1) is 6.92 Å². The molecule has 0 amide bonds. The number of para-hydroxylation sites is 1. The lowest BCUT2D eigenvalue weighted by Crippen LogP contribution is -1.94. The summed E-state index contributed by atoms with van der Waals surface area (Å²) in [6, 6.07) is 16.2. The molecular weight excluding hydrogens is 324 g/mol. The van der Waals surface area contributed by atoms with Crippen molar-refractivity contribution < 1.29 is 4.74 Å². The Morgan fingerprint density at radius 3 is 2.57 bits per heavy atom. The molecule has 0 bridgehead atoms. The Bertz CT molecular complexity index is 908. The lowest BCUT2D eigenvalue weighted by Gasteiger charge is -2.04. The van der Waals surface area contributed by atoms with Crippen LogP contribution in [0.3, 0.4) is 0 Å². The summed E-state index contributed by atoms with van der Waals surface area (Å²) >= 11 is 3.34. The molecule has 0 N–H and O–H groups in total. The zero-order valence-electron chi connectivity index (χ0n) is 12.5. The number of fused-ring (bicyclic) bond motifs is 1. The highest BCUT2D eigenvalue weighted by Crippen LogP contribution is 2.26. The first kappa shape index (κ1) is 14.4. The van der Waals surface area contributed by atoms with Gasteiger partial charge < -0.3 is 4.74 Å². The maximum atomic E-state index is 5.85. The quantitative estimate of drug-likeness (QED) is 0.506. The van der Waals surface area contributed by atoms with E-state index in [4.69, 9.17) is 4.74 Å². The Hall–Kier alpha value is -2.24. The molecular formula is C18H14N2OS2. The molecule has 0 aliphatic rings. The van der Waals surface area contributed by atoms with Crippen molar-refractivity contribution in [2.24, 2.45) is 0 Å². The van der Waals surface area contributed by atoms with Gasteiger partial charge >= 0.3 is 0 Å². The van der Waals surface area contributed by atoms with Crippen molar-refractivity contribution in [3.63, 3.8) is 0 Å². The number of benzene rings is 2. The topological polar surface area (TPSA) is 35.0 Å². The van der Waals surface area contributed by atoms with Gasteiger partial charge in [-0.25, -0.2) is 9.97 Å². The lowest BCUT2D eigenvalue weighted by molar-refractivity contribution is 0.306. The summed E-state index contributed by atoms with van der Waals surface area (Å²) in [5.74, 6) is 0.847. The predicted octanol–water partition coefficient (Wildman–Crippen LogP) is 5.31. The molecule has 0 aliphatic carbocycles. The molecule has 0 saturated heterocycles. The second kappa shape index (κ2) is 6.10. The van der Waals surface area contributed by atoms with Crippen LogP contribution < -0.4 is 4.74 Å². The number of aromatic nitrogens is 2. The molecule has 0 aliphatic heterocycles. The van der Waals surface area contributed by atoms with Crippen molar-refractivity contribution in [3.8, 4) is 17.0 Å². The highest BCUT2D eigenvalue weighted by atomic mass is 32.1. The standard InChI is InChI=1S/C18H14N2OS2/c1-12-19-16(11-22-12)13-6-8-14(9-7-13)21-10-18-20-15-4-2-3-5-17(15)23-18/h2-9,11H,10H2,1H3. The molecule has 2 heterocycles. The largest absolute Gasteiger partial charge is 0.486 e. The van der Waals surface area contributed by atoms with Crippen LogP contribution in [0.2, 0.25) is 0 Å². The number of rotatable bonds is 4. The van der Waals surface area contributed by atoms with Crippen LogP contribution in [-0.2, 0) is 6.61 Å². The molecule has 0 saturated carbocycles. The van der Waals surface area contributed by atoms with Gasteiger partial charge in [0.1, 0.15) is 17.4 Å². The van der Waals surface area contributed by atoms with E-state index in [-0.39, 0.29) is 0 Å². The van der Waals surface area contributed by atoms with Gasteiger partial charge in [-0.1, -0.05) is 12.1 Å². The highest BCUT2D eigenvalue weighted by Gasteiger charge is 2.05. The van der Waals surface area contributed by atoms with Gasteiger partial charge in [-0.05, 0) is 43.3 Å². The molecule has 0 fully saturated rings. The average Bonchev–Trinajstić information content (AvgIpc) is 3.19. The highest BCUT2D eigenvalue weighted by molar-refractivity contribution is 7.18. The normalized spacial score (nSPS) is 11.0. The molecule has 0 atom stereocenters. The predicted molar refractivity (Wildman–Crippen MR) is 96.2 cm³/mol. The third-order valence-electron chi connectivity index (χ3n) is 3.47. The fourth-order valence-electron chi connectivity index (χ4n) is 2.34. The molecule has 2 aromatic heterocycles. The second-order valence-electron chi connectivity index (χ2n) is 5.14. The second-order valence-corrected chi connectivity index (χ2v) is 7.32. The minimum Gasteiger partial charge on any atom is -0.486 e. The van der Waals surface area contributed by atoms with Gasteiger partial charge in [-0.15, -0.1) is 22.7 Å². The van der Waals surface area contributed by atoms with Crippen molar-refractivity contribution in [2.75, 3.05) is 0 Å². The van der Waals surface area contributed by atoms with Crippen LogP contribution in [0.1, 0.15) is 10.0 Å². The maximum absolute atomic E-state index is 5.85. The minimum atomic E-state index is 0.495. The first-order valence-corrected chi connectivity index (χ1v) is 8.97. The van der Waals surface area contributed by atoms with E-state index in [2.05, 4.69) is 21.4 Å². The molecule has 0 spiro atoms. The molecule has 23 heavy (non-hydrogen) atoms. The molecule has 2 aromatic carbocycles. The number of ether oxygens (including phenoxy) is 1. The van der Waals surface area contributed by atoms with Crippen molar-refractivity contribution in [3.05, 3.63) is 63.9 Å². The van der Waals surface area contributed by atoms with Crippen molar-refractivity contribution >= 4 is 32.9 Å². The van der Waals surface area contributed by atoms with Crippen LogP contribution in [-0.4, -0.2) is 9.97 Å². The van der Waals surface area contributed by atoms with Gasteiger partial charge in [0, 0.05) is 10.9 Å². The smallest absolute Gasteiger partial charge is 0.140 e.